The second kappa shape index (κ2) is 5.40. The molecule has 110 valence electrons. The van der Waals surface area contributed by atoms with Crippen LogP contribution in [0.4, 0.5) is 10.5 Å². The van der Waals surface area contributed by atoms with E-state index in [4.69, 9.17) is 0 Å². The van der Waals surface area contributed by atoms with Gasteiger partial charge in [-0.2, -0.15) is 0 Å². The van der Waals surface area contributed by atoms with Crippen LogP contribution in [-0.4, -0.2) is 32.8 Å². The van der Waals surface area contributed by atoms with E-state index in [2.05, 4.69) is 0 Å². The number of hydrogen-bond donors (Lipinski definition) is 1. The summed E-state index contributed by atoms with van der Waals surface area (Å²) in [7, 11) is 0. The van der Waals surface area contributed by atoms with Crippen LogP contribution < -0.4 is 0 Å². The van der Waals surface area contributed by atoms with E-state index in [1.54, 1.807) is 30.0 Å². The fourth-order valence-electron chi connectivity index (χ4n) is 2.34. The van der Waals surface area contributed by atoms with E-state index in [0.717, 1.165) is 17.7 Å². The van der Waals surface area contributed by atoms with Gasteiger partial charge < -0.3 is 5.11 Å². The number of hydrogen-bond acceptors (Lipinski definition) is 4. The monoisotopic (exact) mass is 306 g/mol. The Bertz CT molecular complexity index is 627. The van der Waals surface area contributed by atoms with Crippen molar-refractivity contribution in [1.29, 1.82) is 0 Å². The fraction of sp³-hybridized carbons (Fsp3) is 0.357. The third kappa shape index (κ3) is 2.87. The normalized spacial score (nSPS) is 20.8. The molecule has 21 heavy (non-hydrogen) atoms. The Morgan fingerprint density at radius 1 is 1.43 bits per heavy atom. The first kappa shape index (κ1) is 13.9. The SMILES string of the molecule is O=C(O)N1CC=C[C@@H]1c1cc([N+](=O)[O-])ccc1SC1CC1. The van der Waals surface area contributed by atoms with Gasteiger partial charge in [-0.1, -0.05) is 12.2 Å². The minimum absolute atomic E-state index is 0.00390. The quantitative estimate of drug-likeness (QED) is 0.523. The maximum atomic E-state index is 11.3. The number of benzene rings is 1. The molecular weight excluding hydrogens is 292 g/mol. The molecule has 1 aromatic carbocycles. The van der Waals surface area contributed by atoms with Crippen molar-refractivity contribution >= 4 is 23.5 Å². The molecule has 2 aliphatic rings. The highest BCUT2D eigenvalue weighted by molar-refractivity contribution is 8.00. The molecule has 0 saturated heterocycles. The third-order valence-electron chi connectivity index (χ3n) is 3.54. The summed E-state index contributed by atoms with van der Waals surface area (Å²) in [5, 5.41) is 20.8. The van der Waals surface area contributed by atoms with Crippen LogP contribution in [0, 0.1) is 10.1 Å². The lowest BCUT2D eigenvalue weighted by Gasteiger charge is -2.23. The maximum absolute atomic E-state index is 11.3. The molecule has 6 nitrogen and oxygen atoms in total. The molecule has 7 heteroatoms. The number of nitro benzene ring substituents is 1. The number of non-ortho nitro benzene ring substituents is 1. The molecule has 0 unspecified atom stereocenters. The van der Waals surface area contributed by atoms with Crippen LogP contribution in [-0.2, 0) is 0 Å². The van der Waals surface area contributed by atoms with Crippen LogP contribution >= 0.6 is 11.8 Å². The Morgan fingerprint density at radius 3 is 2.81 bits per heavy atom. The predicted molar refractivity (Wildman–Crippen MR) is 78.6 cm³/mol. The van der Waals surface area contributed by atoms with Crippen molar-refractivity contribution in [3.63, 3.8) is 0 Å². The summed E-state index contributed by atoms with van der Waals surface area (Å²) < 4.78 is 0. The Kier molecular flexibility index (Phi) is 3.59. The van der Waals surface area contributed by atoms with Crippen LogP contribution in [0.2, 0.25) is 0 Å². The topological polar surface area (TPSA) is 83.7 Å². The molecule has 3 rings (SSSR count). The zero-order valence-electron chi connectivity index (χ0n) is 11.1. The minimum Gasteiger partial charge on any atom is -0.465 e. The van der Waals surface area contributed by atoms with Crippen molar-refractivity contribution in [2.45, 2.75) is 29.0 Å². The van der Waals surface area contributed by atoms with Crippen molar-refractivity contribution in [3.8, 4) is 0 Å². The summed E-state index contributed by atoms with van der Waals surface area (Å²) in [4.78, 5) is 24.1. The summed E-state index contributed by atoms with van der Waals surface area (Å²) >= 11 is 1.68. The molecule has 0 spiro atoms. The minimum atomic E-state index is -1.01. The predicted octanol–water partition coefficient (Wildman–Crippen LogP) is 3.44. The van der Waals surface area contributed by atoms with Crippen LogP contribution in [0.1, 0.15) is 24.4 Å². The van der Waals surface area contributed by atoms with Gasteiger partial charge >= 0.3 is 6.09 Å². The Balaban J connectivity index is 1.99. The van der Waals surface area contributed by atoms with Crippen molar-refractivity contribution in [1.82, 2.24) is 4.90 Å². The molecule has 1 N–H and O–H groups in total. The van der Waals surface area contributed by atoms with Crippen molar-refractivity contribution in [2.24, 2.45) is 0 Å². The van der Waals surface area contributed by atoms with Gasteiger partial charge in [-0.25, -0.2) is 4.79 Å². The average molecular weight is 306 g/mol. The molecule has 1 aromatic rings. The van der Waals surface area contributed by atoms with Gasteiger partial charge in [0.1, 0.15) is 0 Å². The number of nitrogens with zero attached hydrogens (tertiary/aromatic N) is 2. The summed E-state index contributed by atoms with van der Waals surface area (Å²) in [5.74, 6) is 0. The highest BCUT2D eigenvalue weighted by atomic mass is 32.2. The second-order valence-electron chi connectivity index (χ2n) is 5.10. The number of carboxylic acid groups (broad SMARTS) is 1. The Hall–Kier alpha value is -2.02. The number of rotatable bonds is 4. The number of thioether (sulfide) groups is 1. The summed E-state index contributed by atoms with van der Waals surface area (Å²) in [6.07, 6.45) is 4.85. The molecule has 0 aromatic heterocycles. The average Bonchev–Trinajstić information content (AvgIpc) is 3.12. The van der Waals surface area contributed by atoms with E-state index in [9.17, 15) is 20.0 Å². The molecule has 0 bridgehead atoms. The summed E-state index contributed by atoms with van der Waals surface area (Å²) in [6, 6.07) is 4.28. The molecular formula is C14H14N2O4S. The van der Waals surface area contributed by atoms with Gasteiger partial charge in [-0.05, 0) is 24.5 Å². The first-order valence-electron chi connectivity index (χ1n) is 6.67. The van der Waals surface area contributed by atoms with Gasteiger partial charge in [0.05, 0.1) is 11.0 Å². The molecule has 0 radical (unpaired) electrons. The Labute approximate surface area is 125 Å². The van der Waals surface area contributed by atoms with Crippen LogP contribution in [0.25, 0.3) is 0 Å². The highest BCUT2D eigenvalue weighted by Gasteiger charge is 2.31. The summed E-state index contributed by atoms with van der Waals surface area (Å²) in [6.45, 7) is 0.316. The maximum Gasteiger partial charge on any atom is 0.408 e. The molecule has 1 heterocycles. The van der Waals surface area contributed by atoms with Crippen molar-refractivity contribution < 1.29 is 14.8 Å². The third-order valence-corrected chi connectivity index (χ3v) is 4.97. The molecule has 1 atom stereocenters. The molecule has 1 aliphatic heterocycles. The second-order valence-corrected chi connectivity index (χ2v) is 6.45. The fourth-order valence-corrected chi connectivity index (χ4v) is 3.54. The van der Waals surface area contributed by atoms with E-state index in [0.29, 0.717) is 17.4 Å². The van der Waals surface area contributed by atoms with E-state index in [1.165, 1.54) is 17.0 Å². The highest BCUT2D eigenvalue weighted by Crippen LogP contribution is 2.44. The number of amides is 1. The first-order chi connectivity index (χ1) is 10.1. The molecule has 1 saturated carbocycles. The lowest BCUT2D eigenvalue weighted by molar-refractivity contribution is -0.385. The van der Waals surface area contributed by atoms with E-state index in [1.807, 2.05) is 0 Å². The van der Waals surface area contributed by atoms with Crippen LogP contribution in [0.15, 0.2) is 35.2 Å². The van der Waals surface area contributed by atoms with E-state index < -0.39 is 17.1 Å². The van der Waals surface area contributed by atoms with Gasteiger partial charge in [-0.15, -0.1) is 11.8 Å². The lowest BCUT2D eigenvalue weighted by Crippen LogP contribution is -2.29. The smallest absolute Gasteiger partial charge is 0.408 e. The van der Waals surface area contributed by atoms with Gasteiger partial charge in [0.2, 0.25) is 0 Å². The van der Waals surface area contributed by atoms with Gasteiger partial charge in [-0.3, -0.25) is 15.0 Å². The zero-order valence-corrected chi connectivity index (χ0v) is 12.0. The van der Waals surface area contributed by atoms with Crippen molar-refractivity contribution in [3.05, 3.63) is 46.0 Å². The first-order valence-corrected chi connectivity index (χ1v) is 7.55. The van der Waals surface area contributed by atoms with Gasteiger partial charge in [0.15, 0.2) is 0 Å². The molecule has 1 fully saturated rings. The zero-order chi connectivity index (χ0) is 15.0. The van der Waals surface area contributed by atoms with E-state index in [-0.39, 0.29) is 5.69 Å². The standard InChI is InChI=1S/C14H14N2O4S/c17-14(18)15-7-1-2-12(15)11-8-9(16(19)20)3-6-13(11)21-10-4-5-10/h1-3,6,8,10,12H,4-5,7H2,(H,17,18)/t12-/m1/s1. The lowest BCUT2D eigenvalue weighted by atomic mass is 10.1. The van der Waals surface area contributed by atoms with Crippen molar-refractivity contribution in [2.75, 3.05) is 6.54 Å². The number of carbonyl (C=O) groups is 1. The van der Waals surface area contributed by atoms with Gasteiger partial charge in [0, 0.05) is 28.8 Å². The Morgan fingerprint density at radius 2 is 2.19 bits per heavy atom. The largest absolute Gasteiger partial charge is 0.465 e. The number of nitro groups is 1. The van der Waals surface area contributed by atoms with Crippen LogP contribution in [0.3, 0.4) is 0 Å². The summed E-state index contributed by atoms with van der Waals surface area (Å²) in [5.41, 5.74) is 0.702. The van der Waals surface area contributed by atoms with E-state index >= 15 is 0 Å². The molecule has 1 aliphatic carbocycles. The van der Waals surface area contributed by atoms with Gasteiger partial charge in [0.25, 0.3) is 5.69 Å². The van der Waals surface area contributed by atoms with Crippen LogP contribution in [0.5, 0.6) is 0 Å². The molecule has 1 amide bonds.